The number of piperidine rings is 1. The van der Waals surface area contributed by atoms with Crippen LogP contribution in [-0.2, 0) is 4.74 Å². The highest BCUT2D eigenvalue weighted by Crippen LogP contribution is 2.31. The molecule has 0 amide bonds. The van der Waals surface area contributed by atoms with Crippen molar-refractivity contribution in [3.05, 3.63) is 42.0 Å². The Bertz CT molecular complexity index is 615. The maximum Gasteiger partial charge on any atom is 0.0629 e. The molecule has 2 N–H and O–H groups in total. The minimum atomic E-state index is 0.0542. The zero-order valence-corrected chi connectivity index (χ0v) is 16.2. The van der Waals surface area contributed by atoms with Crippen molar-refractivity contribution in [2.45, 2.75) is 50.8 Å². The minimum Gasteiger partial charge on any atom is -0.376 e. The molecule has 4 heteroatoms. The lowest BCUT2D eigenvalue weighted by Gasteiger charge is -2.41. The van der Waals surface area contributed by atoms with E-state index < -0.39 is 0 Å². The predicted molar refractivity (Wildman–Crippen MR) is 107 cm³/mol. The first-order valence-corrected chi connectivity index (χ1v) is 10.2. The summed E-state index contributed by atoms with van der Waals surface area (Å²) in [6, 6.07) is 11.6. The van der Waals surface area contributed by atoms with Crippen molar-refractivity contribution in [2.24, 2.45) is 11.8 Å². The summed E-state index contributed by atoms with van der Waals surface area (Å²) < 4.78 is 5.90. The lowest BCUT2D eigenvalue weighted by Crippen LogP contribution is -2.48. The molecule has 0 saturated carbocycles. The summed E-state index contributed by atoms with van der Waals surface area (Å²) in [5.41, 5.74) is 8.38. The Hall–Kier alpha value is -1.20. The fourth-order valence-electron chi connectivity index (χ4n) is 4.92. The molecule has 0 radical (unpaired) electrons. The predicted octanol–water partition coefficient (Wildman–Crippen LogP) is 3.07. The van der Waals surface area contributed by atoms with E-state index in [-0.39, 0.29) is 5.60 Å². The van der Waals surface area contributed by atoms with Crippen LogP contribution in [0.25, 0.3) is 6.08 Å². The standard InChI is InChI=1S/C22H33N3O/c1-22(2)14-18(11-13-26-22)15-25-12-10-21-19(16-25)20(23-24-21)9-8-17-6-4-3-5-7-17/h3-9,18-21,23-24H,10-16H2,1-2H3/b9-8+. The van der Waals surface area contributed by atoms with Crippen LogP contribution >= 0.6 is 0 Å². The summed E-state index contributed by atoms with van der Waals surface area (Å²) >= 11 is 0. The van der Waals surface area contributed by atoms with E-state index in [2.05, 4.69) is 72.1 Å². The molecule has 3 heterocycles. The first-order valence-electron chi connectivity index (χ1n) is 10.2. The molecule has 0 bridgehead atoms. The van der Waals surface area contributed by atoms with Crippen molar-refractivity contribution in [2.75, 3.05) is 26.2 Å². The van der Waals surface area contributed by atoms with Gasteiger partial charge in [-0.3, -0.25) is 10.9 Å². The van der Waals surface area contributed by atoms with Gasteiger partial charge in [-0.1, -0.05) is 42.5 Å². The van der Waals surface area contributed by atoms with E-state index in [1.807, 2.05) is 0 Å². The van der Waals surface area contributed by atoms with Crippen molar-refractivity contribution in [1.29, 1.82) is 0 Å². The molecule has 4 nitrogen and oxygen atoms in total. The fourth-order valence-corrected chi connectivity index (χ4v) is 4.92. The summed E-state index contributed by atoms with van der Waals surface area (Å²) in [6.45, 7) is 9.02. The van der Waals surface area contributed by atoms with E-state index in [0.717, 1.165) is 12.5 Å². The van der Waals surface area contributed by atoms with Gasteiger partial charge in [0.05, 0.1) is 5.60 Å². The van der Waals surface area contributed by atoms with Crippen LogP contribution < -0.4 is 10.9 Å². The maximum absolute atomic E-state index is 5.90. The zero-order chi connectivity index (χ0) is 18.0. The summed E-state index contributed by atoms with van der Waals surface area (Å²) in [4.78, 5) is 2.70. The average molecular weight is 356 g/mol. The normalized spacial score (nSPS) is 34.8. The van der Waals surface area contributed by atoms with Crippen molar-refractivity contribution < 1.29 is 4.74 Å². The number of likely N-dealkylation sites (tertiary alicyclic amines) is 1. The van der Waals surface area contributed by atoms with Crippen LogP contribution in [0, 0.1) is 11.8 Å². The van der Waals surface area contributed by atoms with Gasteiger partial charge in [-0.05, 0) is 51.1 Å². The molecular formula is C22H33N3O. The molecule has 142 valence electrons. The van der Waals surface area contributed by atoms with Crippen LogP contribution in [0.2, 0.25) is 0 Å². The third kappa shape index (κ3) is 4.37. The van der Waals surface area contributed by atoms with Gasteiger partial charge in [0.2, 0.25) is 0 Å². The summed E-state index contributed by atoms with van der Waals surface area (Å²) in [5, 5.41) is 0. The van der Waals surface area contributed by atoms with E-state index in [4.69, 9.17) is 4.74 Å². The number of benzene rings is 1. The first-order chi connectivity index (χ1) is 12.6. The van der Waals surface area contributed by atoms with Gasteiger partial charge in [-0.25, -0.2) is 0 Å². The van der Waals surface area contributed by atoms with Crippen LogP contribution in [0.15, 0.2) is 36.4 Å². The summed E-state index contributed by atoms with van der Waals surface area (Å²) in [6.07, 6.45) is 8.23. The van der Waals surface area contributed by atoms with Gasteiger partial charge >= 0.3 is 0 Å². The van der Waals surface area contributed by atoms with E-state index in [9.17, 15) is 0 Å². The average Bonchev–Trinajstić information content (AvgIpc) is 3.02. The molecule has 0 spiro atoms. The lowest BCUT2D eigenvalue weighted by molar-refractivity contribution is -0.0782. The second-order valence-corrected chi connectivity index (χ2v) is 8.87. The third-order valence-electron chi connectivity index (χ3n) is 6.25. The third-order valence-corrected chi connectivity index (χ3v) is 6.25. The SMILES string of the molecule is CC1(C)CC(CN2CCC3NNC(/C=C/c4ccccc4)C3C2)CCO1. The molecule has 3 aliphatic rings. The Morgan fingerprint density at radius 1 is 1.19 bits per heavy atom. The number of ether oxygens (including phenoxy) is 1. The van der Waals surface area contributed by atoms with Crippen LogP contribution in [0.5, 0.6) is 0 Å². The molecule has 4 atom stereocenters. The van der Waals surface area contributed by atoms with Gasteiger partial charge in [-0.15, -0.1) is 0 Å². The molecule has 0 aromatic heterocycles. The topological polar surface area (TPSA) is 36.5 Å². The Morgan fingerprint density at radius 3 is 2.85 bits per heavy atom. The quantitative estimate of drug-likeness (QED) is 0.870. The molecule has 3 fully saturated rings. The fraction of sp³-hybridized carbons (Fsp3) is 0.636. The molecule has 4 unspecified atom stereocenters. The number of rotatable bonds is 4. The second-order valence-electron chi connectivity index (χ2n) is 8.87. The van der Waals surface area contributed by atoms with Crippen LogP contribution in [0.3, 0.4) is 0 Å². The summed E-state index contributed by atoms with van der Waals surface area (Å²) in [7, 11) is 0. The van der Waals surface area contributed by atoms with Crippen molar-refractivity contribution in [3.63, 3.8) is 0 Å². The van der Waals surface area contributed by atoms with Gasteiger partial charge in [0.1, 0.15) is 0 Å². The second kappa shape index (κ2) is 7.81. The number of nitrogens with one attached hydrogen (secondary N) is 2. The monoisotopic (exact) mass is 355 g/mol. The van der Waals surface area contributed by atoms with Gasteiger partial charge < -0.3 is 9.64 Å². The molecule has 1 aromatic carbocycles. The summed E-state index contributed by atoms with van der Waals surface area (Å²) in [5.74, 6) is 1.42. The lowest BCUT2D eigenvalue weighted by atomic mass is 9.85. The Balaban J connectivity index is 1.35. The number of hydrazine groups is 1. The highest BCUT2D eigenvalue weighted by Gasteiger charge is 2.39. The molecule has 26 heavy (non-hydrogen) atoms. The number of fused-ring (bicyclic) bond motifs is 1. The molecular weight excluding hydrogens is 322 g/mol. The molecule has 3 aliphatic heterocycles. The highest BCUT2D eigenvalue weighted by molar-refractivity contribution is 5.49. The van der Waals surface area contributed by atoms with Gasteiger partial charge in [0.15, 0.2) is 0 Å². The van der Waals surface area contributed by atoms with Gasteiger partial charge in [-0.2, -0.15) is 0 Å². The van der Waals surface area contributed by atoms with Crippen LogP contribution in [0.1, 0.15) is 38.7 Å². The van der Waals surface area contributed by atoms with E-state index in [1.54, 1.807) is 0 Å². The van der Waals surface area contributed by atoms with Gasteiger partial charge in [0, 0.05) is 37.7 Å². The minimum absolute atomic E-state index is 0.0542. The largest absolute Gasteiger partial charge is 0.376 e. The van der Waals surface area contributed by atoms with Gasteiger partial charge in [0.25, 0.3) is 0 Å². The zero-order valence-electron chi connectivity index (χ0n) is 16.2. The Kier molecular flexibility index (Phi) is 5.46. The van der Waals surface area contributed by atoms with Crippen molar-refractivity contribution in [1.82, 2.24) is 15.8 Å². The molecule has 0 aliphatic carbocycles. The van der Waals surface area contributed by atoms with E-state index >= 15 is 0 Å². The van der Waals surface area contributed by atoms with Crippen LogP contribution in [0.4, 0.5) is 0 Å². The first kappa shape index (κ1) is 18.2. The molecule has 3 saturated heterocycles. The number of hydrogen-bond donors (Lipinski definition) is 2. The number of hydrogen-bond acceptors (Lipinski definition) is 4. The highest BCUT2D eigenvalue weighted by atomic mass is 16.5. The van der Waals surface area contributed by atoms with Crippen molar-refractivity contribution >= 4 is 6.08 Å². The van der Waals surface area contributed by atoms with Crippen LogP contribution in [-0.4, -0.2) is 48.8 Å². The molecule has 1 aromatic rings. The molecule has 4 rings (SSSR count). The number of nitrogens with zero attached hydrogens (tertiary/aromatic N) is 1. The smallest absolute Gasteiger partial charge is 0.0629 e. The van der Waals surface area contributed by atoms with E-state index in [0.29, 0.717) is 18.0 Å². The van der Waals surface area contributed by atoms with E-state index in [1.165, 1.54) is 44.5 Å². The maximum atomic E-state index is 5.90. The van der Waals surface area contributed by atoms with Crippen molar-refractivity contribution in [3.8, 4) is 0 Å². The Morgan fingerprint density at radius 2 is 2.04 bits per heavy atom. The Labute approximate surface area is 158 Å².